The first-order valence-electron chi connectivity index (χ1n) is 8.67. The van der Waals surface area contributed by atoms with Gasteiger partial charge in [0.25, 0.3) is 0 Å². The van der Waals surface area contributed by atoms with Gasteiger partial charge in [-0.3, -0.25) is 9.48 Å². The van der Waals surface area contributed by atoms with Crippen LogP contribution in [0.5, 0.6) is 0 Å². The summed E-state index contributed by atoms with van der Waals surface area (Å²) in [4.78, 5) is 13.1. The van der Waals surface area contributed by atoms with Gasteiger partial charge in [-0.15, -0.1) is 12.4 Å². The van der Waals surface area contributed by atoms with Crippen molar-refractivity contribution in [2.24, 2.45) is 0 Å². The summed E-state index contributed by atoms with van der Waals surface area (Å²) < 4.78 is 7.71. The number of aromatic nitrogens is 2. The number of hydrogen-bond acceptors (Lipinski definition) is 4. The van der Waals surface area contributed by atoms with Gasteiger partial charge in [0.05, 0.1) is 6.54 Å². The van der Waals surface area contributed by atoms with Gasteiger partial charge in [-0.25, -0.2) is 0 Å². The molecule has 0 atom stereocenters. The van der Waals surface area contributed by atoms with Crippen molar-refractivity contribution in [2.45, 2.75) is 31.8 Å². The number of furan rings is 1. The molecule has 2 N–H and O–H groups in total. The number of aryl methyl sites for hydroxylation is 1. The molecule has 0 unspecified atom stereocenters. The highest BCUT2D eigenvalue weighted by Gasteiger charge is 2.41. The lowest BCUT2D eigenvalue weighted by Gasteiger charge is -2.36. The molecule has 3 heterocycles. The van der Waals surface area contributed by atoms with E-state index in [1.54, 1.807) is 10.9 Å². The Bertz CT molecular complexity index is 882. The zero-order valence-corrected chi connectivity index (χ0v) is 15.5. The summed E-state index contributed by atoms with van der Waals surface area (Å²) in [6.45, 7) is 4.02. The Balaban J connectivity index is 0.00000196. The van der Waals surface area contributed by atoms with Crippen LogP contribution in [0.4, 0.5) is 0 Å². The second-order valence-electron chi connectivity index (χ2n) is 6.56. The summed E-state index contributed by atoms with van der Waals surface area (Å²) >= 11 is 0. The number of carbonyl (C=O) groups excluding carboxylic acids is 1. The molecule has 7 heteroatoms. The van der Waals surface area contributed by atoms with Gasteiger partial charge in [-0.2, -0.15) is 5.10 Å². The molecule has 4 rings (SSSR count). The lowest BCUT2D eigenvalue weighted by molar-refractivity contribution is -0.132. The monoisotopic (exact) mass is 374 g/mol. The van der Waals surface area contributed by atoms with Crippen LogP contribution in [0.1, 0.15) is 24.2 Å². The second-order valence-corrected chi connectivity index (χ2v) is 6.56. The first-order valence-corrected chi connectivity index (χ1v) is 8.67. The fraction of sp³-hybridized carbons (Fsp3) is 0.368. The SMILES string of the molecule is Cc1c(CNC(=O)C2(n3cccn3)CCNCC2)oc2ccccc12.Cl. The summed E-state index contributed by atoms with van der Waals surface area (Å²) in [6.07, 6.45) is 5.04. The zero-order valence-electron chi connectivity index (χ0n) is 14.7. The van der Waals surface area contributed by atoms with Gasteiger partial charge in [-0.05, 0) is 45.0 Å². The van der Waals surface area contributed by atoms with Crippen molar-refractivity contribution in [1.82, 2.24) is 20.4 Å². The summed E-state index contributed by atoms with van der Waals surface area (Å²) in [5.74, 6) is 0.802. The molecule has 0 spiro atoms. The van der Waals surface area contributed by atoms with Gasteiger partial charge in [0.2, 0.25) is 5.91 Å². The molecule has 1 aliphatic rings. The maximum Gasteiger partial charge on any atom is 0.248 e. The van der Waals surface area contributed by atoms with Crippen LogP contribution in [0.15, 0.2) is 47.1 Å². The standard InChI is InChI=1S/C19H22N4O2.ClH/c1-14-15-5-2-3-6-16(15)25-17(14)13-21-18(24)19(7-10-20-11-8-19)23-12-4-9-22-23;/h2-6,9,12,20H,7-8,10-11,13H2,1H3,(H,21,24);1H. The third kappa shape index (κ3) is 3.10. The molecule has 0 bridgehead atoms. The van der Waals surface area contributed by atoms with Crippen molar-refractivity contribution in [1.29, 1.82) is 0 Å². The number of para-hydroxylation sites is 1. The zero-order chi connectivity index (χ0) is 17.3. The Kier molecular flexibility index (Phi) is 5.34. The van der Waals surface area contributed by atoms with E-state index < -0.39 is 5.54 Å². The van der Waals surface area contributed by atoms with Crippen LogP contribution in [0.3, 0.4) is 0 Å². The topological polar surface area (TPSA) is 72.1 Å². The molecule has 1 amide bonds. The second kappa shape index (κ2) is 7.51. The molecular formula is C19H23ClN4O2. The molecule has 26 heavy (non-hydrogen) atoms. The third-order valence-electron chi connectivity index (χ3n) is 5.15. The van der Waals surface area contributed by atoms with E-state index in [-0.39, 0.29) is 18.3 Å². The molecule has 138 valence electrons. The van der Waals surface area contributed by atoms with E-state index in [2.05, 4.69) is 15.7 Å². The summed E-state index contributed by atoms with van der Waals surface area (Å²) in [7, 11) is 0. The van der Waals surface area contributed by atoms with Crippen molar-refractivity contribution in [3.63, 3.8) is 0 Å². The minimum absolute atomic E-state index is 0. The van der Waals surface area contributed by atoms with E-state index in [9.17, 15) is 4.79 Å². The summed E-state index contributed by atoms with van der Waals surface area (Å²) in [6, 6.07) is 9.80. The van der Waals surface area contributed by atoms with Crippen molar-refractivity contribution < 1.29 is 9.21 Å². The Morgan fingerprint density at radius 3 is 2.77 bits per heavy atom. The molecule has 1 aromatic carbocycles. The maximum atomic E-state index is 13.1. The third-order valence-corrected chi connectivity index (χ3v) is 5.15. The van der Waals surface area contributed by atoms with E-state index in [0.29, 0.717) is 6.54 Å². The number of piperidine rings is 1. The molecular weight excluding hydrogens is 352 g/mol. The van der Waals surface area contributed by atoms with E-state index in [1.807, 2.05) is 43.5 Å². The van der Waals surface area contributed by atoms with Gasteiger partial charge in [-0.1, -0.05) is 18.2 Å². The number of nitrogens with one attached hydrogen (secondary N) is 2. The average Bonchev–Trinajstić information content (AvgIpc) is 3.30. The fourth-order valence-corrected chi connectivity index (χ4v) is 3.64. The highest BCUT2D eigenvalue weighted by atomic mass is 35.5. The van der Waals surface area contributed by atoms with E-state index in [1.165, 1.54) is 0 Å². The van der Waals surface area contributed by atoms with Crippen molar-refractivity contribution in [2.75, 3.05) is 13.1 Å². The number of fused-ring (bicyclic) bond motifs is 1. The minimum Gasteiger partial charge on any atom is -0.459 e. The van der Waals surface area contributed by atoms with Crippen LogP contribution in [-0.4, -0.2) is 28.8 Å². The normalized spacial score (nSPS) is 16.2. The molecule has 1 aliphatic heterocycles. The number of carbonyl (C=O) groups is 1. The first kappa shape index (κ1) is 18.5. The predicted molar refractivity (Wildman–Crippen MR) is 102 cm³/mol. The first-order chi connectivity index (χ1) is 12.2. The Morgan fingerprint density at radius 1 is 1.31 bits per heavy atom. The van der Waals surface area contributed by atoms with Gasteiger partial charge in [0.15, 0.2) is 0 Å². The van der Waals surface area contributed by atoms with E-state index in [0.717, 1.165) is 48.2 Å². The van der Waals surface area contributed by atoms with Crippen LogP contribution in [0.25, 0.3) is 11.0 Å². The van der Waals surface area contributed by atoms with Crippen molar-refractivity contribution in [3.8, 4) is 0 Å². The number of rotatable bonds is 4. The van der Waals surface area contributed by atoms with Gasteiger partial charge in [0, 0.05) is 23.3 Å². The molecule has 0 aliphatic carbocycles. The highest BCUT2D eigenvalue weighted by molar-refractivity contribution is 5.86. The number of amides is 1. The van der Waals surface area contributed by atoms with Crippen LogP contribution in [-0.2, 0) is 16.9 Å². The summed E-state index contributed by atoms with van der Waals surface area (Å²) in [5.41, 5.74) is 1.30. The van der Waals surface area contributed by atoms with Crippen LogP contribution >= 0.6 is 12.4 Å². The average molecular weight is 375 g/mol. The number of benzene rings is 1. The van der Waals surface area contributed by atoms with E-state index in [4.69, 9.17) is 4.42 Å². The summed E-state index contributed by atoms with van der Waals surface area (Å²) in [5, 5.41) is 11.8. The molecule has 0 radical (unpaired) electrons. The van der Waals surface area contributed by atoms with Crippen LogP contribution < -0.4 is 10.6 Å². The largest absolute Gasteiger partial charge is 0.459 e. The fourth-order valence-electron chi connectivity index (χ4n) is 3.64. The van der Waals surface area contributed by atoms with Gasteiger partial charge < -0.3 is 15.1 Å². The van der Waals surface area contributed by atoms with E-state index >= 15 is 0 Å². The smallest absolute Gasteiger partial charge is 0.248 e. The van der Waals surface area contributed by atoms with Crippen LogP contribution in [0.2, 0.25) is 0 Å². The molecule has 2 aromatic heterocycles. The highest BCUT2D eigenvalue weighted by Crippen LogP contribution is 2.28. The number of nitrogens with zero attached hydrogens (tertiary/aromatic N) is 2. The van der Waals surface area contributed by atoms with Gasteiger partial charge in [0.1, 0.15) is 16.9 Å². The van der Waals surface area contributed by atoms with Crippen molar-refractivity contribution in [3.05, 3.63) is 54.0 Å². The lowest BCUT2D eigenvalue weighted by atomic mass is 9.87. The molecule has 6 nitrogen and oxygen atoms in total. The molecule has 3 aromatic rings. The van der Waals surface area contributed by atoms with Crippen LogP contribution in [0, 0.1) is 6.92 Å². The van der Waals surface area contributed by atoms with Crippen molar-refractivity contribution >= 4 is 29.3 Å². The number of hydrogen-bond donors (Lipinski definition) is 2. The lowest BCUT2D eigenvalue weighted by Crippen LogP contribution is -2.54. The minimum atomic E-state index is -0.630. The quantitative estimate of drug-likeness (QED) is 0.736. The molecule has 1 saturated heterocycles. The Morgan fingerprint density at radius 2 is 2.08 bits per heavy atom. The Labute approximate surface area is 158 Å². The molecule has 0 saturated carbocycles. The van der Waals surface area contributed by atoms with Gasteiger partial charge >= 0.3 is 0 Å². The molecule has 1 fully saturated rings. The Hall–Kier alpha value is -2.31. The predicted octanol–water partition coefficient (Wildman–Crippen LogP) is 2.75. The number of halogens is 1. The maximum absolute atomic E-state index is 13.1.